The van der Waals surface area contributed by atoms with E-state index in [2.05, 4.69) is 10.6 Å². The second-order valence-electron chi connectivity index (χ2n) is 9.23. The molecule has 38 heavy (non-hydrogen) atoms. The van der Waals surface area contributed by atoms with Crippen LogP contribution in [0.15, 0.2) is 54.6 Å². The highest BCUT2D eigenvalue weighted by atomic mass is 35.5. The molecule has 0 unspecified atom stereocenters. The van der Waals surface area contributed by atoms with Gasteiger partial charge in [0.25, 0.3) is 0 Å². The van der Waals surface area contributed by atoms with Gasteiger partial charge in [-0.25, -0.2) is 4.79 Å². The minimum Gasteiger partial charge on any atom is -0.508 e. The minimum absolute atomic E-state index is 0. The van der Waals surface area contributed by atoms with Gasteiger partial charge < -0.3 is 36.1 Å². The molecule has 0 radical (unpaired) electrons. The number of aromatic hydroxyl groups is 2. The Morgan fingerprint density at radius 2 is 1.47 bits per heavy atom. The molecule has 5 rings (SSSR count). The fourth-order valence-corrected chi connectivity index (χ4v) is 5.18. The number of nitrogens with two attached hydrogens (primary N) is 1. The Kier molecular flexibility index (Phi) is 8.30. The maximum Gasteiger partial charge on any atom is 0.340 e. The van der Waals surface area contributed by atoms with E-state index in [1.165, 1.54) is 24.3 Å². The van der Waals surface area contributed by atoms with Crippen LogP contribution in [0.2, 0.25) is 0 Å². The van der Waals surface area contributed by atoms with Gasteiger partial charge in [0.2, 0.25) is 0 Å². The van der Waals surface area contributed by atoms with Crippen molar-refractivity contribution in [3.63, 3.8) is 0 Å². The van der Waals surface area contributed by atoms with Gasteiger partial charge in [-0.05, 0) is 68.0 Å². The number of hydrogen-bond donors (Lipinski definition) is 5. The molecule has 1 spiro atoms. The van der Waals surface area contributed by atoms with Crippen LogP contribution in [0.4, 0.5) is 5.69 Å². The third-order valence-corrected chi connectivity index (χ3v) is 6.94. The molecule has 2 aliphatic heterocycles. The number of nitrogens with one attached hydrogen (secondary N) is 2. The van der Waals surface area contributed by atoms with Crippen LogP contribution in [0.3, 0.4) is 0 Å². The van der Waals surface area contributed by atoms with Crippen LogP contribution < -0.4 is 21.1 Å². The van der Waals surface area contributed by atoms with E-state index in [4.69, 9.17) is 27.4 Å². The highest BCUT2D eigenvalue weighted by molar-refractivity contribution is 7.80. The lowest BCUT2D eigenvalue weighted by Gasteiger charge is -2.36. The lowest BCUT2D eigenvalue weighted by Crippen LogP contribution is -2.33. The van der Waals surface area contributed by atoms with Crippen LogP contribution in [0.1, 0.15) is 59.2 Å². The van der Waals surface area contributed by atoms with E-state index in [9.17, 15) is 15.0 Å². The summed E-state index contributed by atoms with van der Waals surface area (Å²) in [6.45, 7) is 1.50. The van der Waals surface area contributed by atoms with Crippen LogP contribution in [0.5, 0.6) is 23.0 Å². The zero-order valence-corrected chi connectivity index (χ0v) is 22.3. The van der Waals surface area contributed by atoms with Gasteiger partial charge in [0, 0.05) is 41.1 Å². The van der Waals surface area contributed by atoms with Gasteiger partial charge in [-0.2, -0.15) is 0 Å². The Morgan fingerprint density at radius 3 is 2.13 bits per heavy atom. The standard InChI is InChI=1S/C28H29N3O5S.ClH/c29-12-4-2-1-3-5-13-30-27(37)31-17-6-9-21-20(14-17)26(34)36-28(21)22-10-7-18(32)15-24(22)35-25-16-19(33)8-11-23(25)28;/h6-11,14-16,32-33H,1-5,12-13,29H2,(H2,30,31,37);1H. The summed E-state index contributed by atoms with van der Waals surface area (Å²) in [6.07, 6.45) is 5.49. The van der Waals surface area contributed by atoms with Crippen molar-refractivity contribution in [1.29, 1.82) is 0 Å². The number of carbonyl (C=O) groups excluding carboxylic acids is 1. The van der Waals surface area contributed by atoms with E-state index < -0.39 is 11.6 Å². The van der Waals surface area contributed by atoms with Gasteiger partial charge in [0.15, 0.2) is 10.7 Å². The van der Waals surface area contributed by atoms with Gasteiger partial charge >= 0.3 is 5.97 Å². The van der Waals surface area contributed by atoms with Crippen LogP contribution in [-0.2, 0) is 10.3 Å². The first-order valence-electron chi connectivity index (χ1n) is 12.4. The molecular formula is C28H30ClN3O5S. The van der Waals surface area contributed by atoms with Gasteiger partial charge in [-0.1, -0.05) is 25.3 Å². The van der Waals surface area contributed by atoms with Crippen LogP contribution in [0.25, 0.3) is 0 Å². The van der Waals surface area contributed by atoms with E-state index in [1.54, 1.807) is 18.2 Å². The molecule has 200 valence electrons. The molecule has 2 aliphatic rings. The smallest absolute Gasteiger partial charge is 0.340 e. The molecule has 2 heterocycles. The van der Waals surface area contributed by atoms with Gasteiger partial charge in [-0.3, -0.25) is 0 Å². The molecule has 0 saturated carbocycles. The maximum atomic E-state index is 13.2. The number of unbranched alkanes of at least 4 members (excludes halogenated alkanes) is 4. The summed E-state index contributed by atoms with van der Waals surface area (Å²) in [7, 11) is 0. The number of hydrogen-bond acceptors (Lipinski definition) is 7. The maximum absolute atomic E-state index is 13.2. The molecule has 6 N–H and O–H groups in total. The zero-order valence-electron chi connectivity index (χ0n) is 20.7. The highest BCUT2D eigenvalue weighted by Gasteiger charge is 2.53. The number of anilines is 1. The average Bonchev–Trinajstić information content (AvgIpc) is 3.15. The third kappa shape index (κ3) is 5.09. The second kappa shape index (κ2) is 11.5. The number of carbonyl (C=O) groups is 1. The molecule has 0 aliphatic carbocycles. The normalized spacial score (nSPS) is 13.9. The number of rotatable bonds is 8. The van der Waals surface area contributed by atoms with Gasteiger partial charge in [-0.15, -0.1) is 12.4 Å². The number of benzene rings is 3. The van der Waals surface area contributed by atoms with E-state index in [0.29, 0.717) is 44.6 Å². The van der Waals surface area contributed by atoms with Crippen molar-refractivity contribution >= 4 is 41.4 Å². The first kappa shape index (κ1) is 27.5. The number of fused-ring (bicyclic) bond motifs is 6. The predicted molar refractivity (Wildman–Crippen MR) is 152 cm³/mol. The fraction of sp³-hybridized carbons (Fsp3) is 0.286. The number of ether oxygens (including phenoxy) is 2. The summed E-state index contributed by atoms with van der Waals surface area (Å²) in [4.78, 5) is 13.2. The van der Waals surface area contributed by atoms with Crippen molar-refractivity contribution < 1.29 is 24.5 Å². The molecule has 10 heteroatoms. The van der Waals surface area contributed by atoms with E-state index in [-0.39, 0.29) is 23.9 Å². The molecule has 0 saturated heterocycles. The first-order valence-corrected chi connectivity index (χ1v) is 12.8. The van der Waals surface area contributed by atoms with Crippen molar-refractivity contribution in [2.75, 3.05) is 18.4 Å². The van der Waals surface area contributed by atoms with Gasteiger partial charge in [0.05, 0.1) is 5.56 Å². The highest BCUT2D eigenvalue weighted by Crippen LogP contribution is 2.57. The fourth-order valence-electron chi connectivity index (χ4n) is 4.96. The number of esters is 1. The molecule has 3 aromatic carbocycles. The largest absolute Gasteiger partial charge is 0.508 e. The summed E-state index contributed by atoms with van der Waals surface area (Å²) in [5, 5.41) is 26.9. The van der Waals surface area contributed by atoms with Crippen LogP contribution in [-0.4, -0.2) is 34.4 Å². The molecule has 0 aromatic heterocycles. The van der Waals surface area contributed by atoms with Crippen LogP contribution in [0, 0.1) is 0 Å². The topological polar surface area (TPSA) is 126 Å². The minimum atomic E-state index is -1.28. The predicted octanol–water partition coefficient (Wildman–Crippen LogP) is 5.28. The number of halogens is 1. The quantitative estimate of drug-likeness (QED) is 0.143. The Bertz CT molecular complexity index is 1310. The summed E-state index contributed by atoms with van der Waals surface area (Å²) in [5.41, 5.74) is 7.12. The Labute approximate surface area is 232 Å². The molecule has 0 fully saturated rings. The molecular weight excluding hydrogens is 526 g/mol. The van der Waals surface area contributed by atoms with Crippen molar-refractivity contribution in [2.45, 2.75) is 37.7 Å². The van der Waals surface area contributed by atoms with E-state index >= 15 is 0 Å². The number of phenols is 2. The molecule has 0 bridgehead atoms. The van der Waals surface area contributed by atoms with Crippen molar-refractivity contribution in [2.24, 2.45) is 5.73 Å². The van der Waals surface area contributed by atoms with Crippen molar-refractivity contribution in [3.05, 3.63) is 76.9 Å². The lowest BCUT2D eigenvalue weighted by molar-refractivity contribution is 0.0224. The third-order valence-electron chi connectivity index (χ3n) is 6.70. The first-order chi connectivity index (χ1) is 17.9. The van der Waals surface area contributed by atoms with Crippen molar-refractivity contribution in [1.82, 2.24) is 5.32 Å². The van der Waals surface area contributed by atoms with Crippen molar-refractivity contribution in [3.8, 4) is 23.0 Å². The SMILES string of the molecule is Cl.NCCCCCCCNC(=S)Nc1ccc2c(c1)C(=O)OC21c2ccc(O)cc2Oc2cc(O)ccc21. The monoisotopic (exact) mass is 555 g/mol. The summed E-state index contributed by atoms with van der Waals surface area (Å²) in [5.74, 6) is 0.218. The molecule has 0 amide bonds. The Morgan fingerprint density at radius 1 is 0.868 bits per heavy atom. The number of phenolic OH excluding ortho intramolecular Hbond substituents is 2. The van der Waals surface area contributed by atoms with E-state index in [1.807, 2.05) is 12.1 Å². The Balaban J connectivity index is 0.00000336. The second-order valence-corrected chi connectivity index (χ2v) is 9.64. The lowest BCUT2D eigenvalue weighted by atomic mass is 9.77. The average molecular weight is 556 g/mol. The molecule has 3 aromatic rings. The van der Waals surface area contributed by atoms with E-state index in [0.717, 1.165) is 45.2 Å². The zero-order chi connectivity index (χ0) is 26.0. The van der Waals surface area contributed by atoms with Gasteiger partial charge in [0.1, 0.15) is 23.0 Å². The van der Waals surface area contributed by atoms with Crippen LogP contribution >= 0.6 is 24.6 Å². The molecule has 8 nitrogen and oxygen atoms in total. The number of thiocarbonyl (C=S) groups is 1. The molecule has 0 atom stereocenters. The Hall–Kier alpha value is -3.53. The summed E-state index contributed by atoms with van der Waals surface area (Å²) in [6, 6.07) is 14.8. The summed E-state index contributed by atoms with van der Waals surface area (Å²) >= 11 is 5.44. The summed E-state index contributed by atoms with van der Waals surface area (Å²) < 4.78 is 12.1.